The molecule has 0 aliphatic heterocycles. The number of hydrogen-bond donors (Lipinski definition) is 3. The van der Waals surface area contributed by atoms with E-state index in [1.807, 2.05) is 13.8 Å². The molecular formula is C9H20N2O2. The summed E-state index contributed by atoms with van der Waals surface area (Å²) in [5.74, 6) is -0.0588. The highest BCUT2D eigenvalue weighted by molar-refractivity contribution is 5.78. The van der Waals surface area contributed by atoms with Crippen molar-refractivity contribution in [2.75, 3.05) is 19.7 Å². The minimum absolute atomic E-state index is 0.0116. The third-order valence-corrected chi connectivity index (χ3v) is 1.81. The molecule has 0 heterocycles. The molecule has 4 nitrogen and oxygen atoms in total. The molecule has 1 amide bonds. The maximum atomic E-state index is 11.4. The second-order valence-corrected chi connectivity index (χ2v) is 3.30. The zero-order valence-corrected chi connectivity index (χ0v) is 8.63. The lowest BCUT2D eigenvalue weighted by atomic mass is 10.1. The van der Waals surface area contributed by atoms with Gasteiger partial charge in [0.15, 0.2) is 0 Å². The molecule has 0 saturated carbocycles. The fourth-order valence-corrected chi connectivity index (χ4v) is 0.884. The van der Waals surface area contributed by atoms with Crippen molar-refractivity contribution in [3.63, 3.8) is 0 Å². The summed E-state index contributed by atoms with van der Waals surface area (Å²) >= 11 is 0. The molecule has 4 heteroatoms. The van der Waals surface area contributed by atoms with Gasteiger partial charge in [0.05, 0.1) is 6.61 Å². The van der Waals surface area contributed by atoms with E-state index in [0.29, 0.717) is 6.54 Å². The molecular weight excluding hydrogens is 168 g/mol. The Morgan fingerprint density at radius 3 is 2.54 bits per heavy atom. The van der Waals surface area contributed by atoms with Gasteiger partial charge in [-0.25, -0.2) is 0 Å². The zero-order chi connectivity index (χ0) is 10.3. The Morgan fingerprint density at radius 2 is 2.08 bits per heavy atom. The van der Waals surface area contributed by atoms with Crippen LogP contribution >= 0.6 is 0 Å². The molecule has 78 valence electrons. The second kappa shape index (κ2) is 6.86. The average molecular weight is 188 g/mol. The first-order valence-electron chi connectivity index (χ1n) is 4.73. The molecule has 1 unspecified atom stereocenters. The van der Waals surface area contributed by atoms with Gasteiger partial charge in [-0.1, -0.05) is 13.8 Å². The minimum Gasteiger partial charge on any atom is -0.394 e. The van der Waals surface area contributed by atoms with Crippen LogP contribution < -0.4 is 10.6 Å². The van der Waals surface area contributed by atoms with E-state index in [1.165, 1.54) is 0 Å². The maximum Gasteiger partial charge on any atom is 0.224 e. The summed E-state index contributed by atoms with van der Waals surface area (Å²) in [6.07, 6.45) is 0. The van der Waals surface area contributed by atoms with Crippen LogP contribution in [0.1, 0.15) is 20.8 Å². The van der Waals surface area contributed by atoms with Crippen molar-refractivity contribution in [1.29, 1.82) is 0 Å². The lowest BCUT2D eigenvalue weighted by Gasteiger charge is -2.15. The molecule has 0 aliphatic carbocycles. The Bertz CT molecular complexity index is 151. The van der Waals surface area contributed by atoms with Gasteiger partial charge in [-0.2, -0.15) is 0 Å². The van der Waals surface area contributed by atoms with Crippen molar-refractivity contribution in [1.82, 2.24) is 10.6 Å². The smallest absolute Gasteiger partial charge is 0.224 e. The maximum absolute atomic E-state index is 11.4. The predicted octanol–water partition coefficient (Wildman–Crippen LogP) is -0.271. The van der Waals surface area contributed by atoms with E-state index in [-0.39, 0.29) is 24.5 Å². The summed E-state index contributed by atoms with van der Waals surface area (Å²) in [5, 5.41) is 14.5. The number of nitrogens with one attached hydrogen (secondary N) is 2. The van der Waals surface area contributed by atoms with Crippen molar-refractivity contribution in [2.45, 2.75) is 26.8 Å². The van der Waals surface area contributed by atoms with Gasteiger partial charge in [0, 0.05) is 18.5 Å². The average Bonchev–Trinajstić information content (AvgIpc) is 2.13. The summed E-state index contributed by atoms with van der Waals surface area (Å²) < 4.78 is 0. The molecule has 3 N–H and O–H groups in total. The fourth-order valence-electron chi connectivity index (χ4n) is 0.884. The van der Waals surface area contributed by atoms with Crippen LogP contribution in [0.3, 0.4) is 0 Å². The van der Waals surface area contributed by atoms with Gasteiger partial charge in [0.25, 0.3) is 0 Å². The summed E-state index contributed by atoms with van der Waals surface area (Å²) in [6, 6.07) is -0.156. The van der Waals surface area contributed by atoms with Crippen LogP contribution in [0.15, 0.2) is 0 Å². The fraction of sp³-hybridized carbons (Fsp3) is 0.889. The number of rotatable bonds is 6. The third-order valence-electron chi connectivity index (χ3n) is 1.81. The zero-order valence-electron chi connectivity index (χ0n) is 8.63. The number of hydrogen-bond acceptors (Lipinski definition) is 3. The Hall–Kier alpha value is -0.610. The van der Waals surface area contributed by atoms with Gasteiger partial charge < -0.3 is 15.7 Å². The molecule has 13 heavy (non-hydrogen) atoms. The first-order chi connectivity index (χ1) is 6.11. The lowest BCUT2D eigenvalue weighted by Crippen LogP contribution is -2.41. The molecule has 0 aromatic carbocycles. The molecule has 0 bridgehead atoms. The molecule has 0 aromatic heterocycles. The SMILES string of the molecule is CCNCC(C)C(=O)N[C@@H](C)CO. The monoisotopic (exact) mass is 188 g/mol. The summed E-state index contributed by atoms with van der Waals surface area (Å²) in [6.45, 7) is 7.17. The Morgan fingerprint density at radius 1 is 1.46 bits per heavy atom. The predicted molar refractivity (Wildman–Crippen MR) is 52.4 cm³/mol. The Kier molecular flexibility index (Phi) is 6.54. The first kappa shape index (κ1) is 12.4. The summed E-state index contributed by atoms with van der Waals surface area (Å²) in [4.78, 5) is 11.4. The van der Waals surface area contributed by atoms with Crippen LogP contribution in [0.2, 0.25) is 0 Å². The van der Waals surface area contributed by atoms with Crippen molar-refractivity contribution >= 4 is 5.91 Å². The quantitative estimate of drug-likeness (QED) is 0.537. The normalized spacial score (nSPS) is 15.1. The van der Waals surface area contributed by atoms with Gasteiger partial charge in [-0.3, -0.25) is 4.79 Å². The minimum atomic E-state index is -0.156. The highest BCUT2D eigenvalue weighted by Crippen LogP contribution is 1.93. The van der Waals surface area contributed by atoms with E-state index in [1.54, 1.807) is 6.92 Å². The van der Waals surface area contributed by atoms with E-state index < -0.39 is 0 Å². The number of aliphatic hydroxyl groups excluding tert-OH is 1. The van der Waals surface area contributed by atoms with Crippen LogP contribution in [0, 0.1) is 5.92 Å². The van der Waals surface area contributed by atoms with Crippen LogP contribution in [0.4, 0.5) is 0 Å². The molecule has 0 radical (unpaired) electrons. The molecule has 0 aliphatic rings. The summed E-state index contributed by atoms with van der Waals surface area (Å²) in [5.41, 5.74) is 0. The van der Waals surface area contributed by atoms with Gasteiger partial charge >= 0.3 is 0 Å². The first-order valence-corrected chi connectivity index (χ1v) is 4.73. The molecule has 0 fully saturated rings. The highest BCUT2D eigenvalue weighted by Gasteiger charge is 2.13. The number of carbonyl (C=O) groups excluding carboxylic acids is 1. The van der Waals surface area contributed by atoms with Crippen molar-refractivity contribution in [2.24, 2.45) is 5.92 Å². The van der Waals surface area contributed by atoms with Gasteiger partial charge in [0.1, 0.15) is 0 Å². The lowest BCUT2D eigenvalue weighted by molar-refractivity contribution is -0.125. The Labute approximate surface area is 79.7 Å². The summed E-state index contributed by atoms with van der Waals surface area (Å²) in [7, 11) is 0. The van der Waals surface area contributed by atoms with E-state index in [9.17, 15) is 4.79 Å². The molecule has 0 spiro atoms. The van der Waals surface area contributed by atoms with Crippen molar-refractivity contribution in [3.05, 3.63) is 0 Å². The van der Waals surface area contributed by atoms with E-state index in [4.69, 9.17) is 5.11 Å². The van der Waals surface area contributed by atoms with E-state index in [2.05, 4.69) is 10.6 Å². The highest BCUT2D eigenvalue weighted by atomic mass is 16.3. The molecule has 0 aromatic rings. The molecule has 0 rings (SSSR count). The van der Waals surface area contributed by atoms with E-state index >= 15 is 0 Å². The second-order valence-electron chi connectivity index (χ2n) is 3.30. The van der Waals surface area contributed by atoms with Gasteiger partial charge in [0.2, 0.25) is 5.91 Å². The molecule has 2 atom stereocenters. The topological polar surface area (TPSA) is 61.4 Å². The van der Waals surface area contributed by atoms with Crippen molar-refractivity contribution < 1.29 is 9.90 Å². The van der Waals surface area contributed by atoms with Gasteiger partial charge in [-0.15, -0.1) is 0 Å². The van der Waals surface area contributed by atoms with Crippen LogP contribution in [-0.4, -0.2) is 36.8 Å². The van der Waals surface area contributed by atoms with Gasteiger partial charge in [-0.05, 0) is 13.5 Å². The molecule has 0 saturated heterocycles. The van der Waals surface area contributed by atoms with E-state index in [0.717, 1.165) is 6.54 Å². The van der Waals surface area contributed by atoms with Crippen LogP contribution in [-0.2, 0) is 4.79 Å². The number of amides is 1. The number of aliphatic hydroxyl groups is 1. The Balaban J connectivity index is 3.68. The standard InChI is InChI=1S/C9H20N2O2/c1-4-10-5-7(2)9(13)11-8(3)6-12/h7-8,10,12H,4-6H2,1-3H3,(H,11,13)/t7?,8-/m0/s1. The largest absolute Gasteiger partial charge is 0.394 e. The number of carbonyl (C=O) groups is 1. The van der Waals surface area contributed by atoms with Crippen LogP contribution in [0.25, 0.3) is 0 Å². The van der Waals surface area contributed by atoms with Crippen LogP contribution in [0.5, 0.6) is 0 Å². The van der Waals surface area contributed by atoms with Crippen molar-refractivity contribution in [3.8, 4) is 0 Å². The third kappa shape index (κ3) is 5.60.